The van der Waals surface area contributed by atoms with Crippen molar-refractivity contribution < 1.29 is 13.2 Å². The van der Waals surface area contributed by atoms with Crippen molar-refractivity contribution >= 4 is 32.4 Å². The van der Waals surface area contributed by atoms with Gasteiger partial charge in [0.1, 0.15) is 0 Å². The summed E-state index contributed by atoms with van der Waals surface area (Å²) < 4.78 is 27.8. The van der Waals surface area contributed by atoms with E-state index >= 15 is 0 Å². The van der Waals surface area contributed by atoms with Gasteiger partial charge in [-0.2, -0.15) is 0 Å². The molecule has 1 amide bonds. The van der Waals surface area contributed by atoms with E-state index in [1.165, 1.54) is 6.07 Å². The first-order chi connectivity index (χ1) is 12.4. The Bertz CT molecular complexity index is 1050. The van der Waals surface area contributed by atoms with E-state index in [2.05, 4.69) is 10.0 Å². The summed E-state index contributed by atoms with van der Waals surface area (Å²) in [5, 5.41) is 4.10. The van der Waals surface area contributed by atoms with Gasteiger partial charge in [-0.05, 0) is 38.1 Å². The summed E-state index contributed by atoms with van der Waals surface area (Å²) in [6, 6.07) is 18.9. The molecule has 0 aliphatic rings. The fraction of sp³-hybridized carbons (Fsp3) is 0.150. The van der Waals surface area contributed by atoms with Gasteiger partial charge in [-0.3, -0.25) is 4.79 Å². The van der Waals surface area contributed by atoms with Crippen molar-refractivity contribution in [2.75, 3.05) is 5.32 Å². The van der Waals surface area contributed by atoms with Gasteiger partial charge in [0.25, 0.3) is 5.91 Å². The molecule has 0 radical (unpaired) electrons. The van der Waals surface area contributed by atoms with Gasteiger partial charge in [0.2, 0.25) is 10.0 Å². The zero-order valence-corrected chi connectivity index (χ0v) is 15.4. The summed E-state index contributed by atoms with van der Waals surface area (Å²) in [5.41, 5.74) is 1.10. The summed E-state index contributed by atoms with van der Waals surface area (Å²) in [6.45, 7) is 3.54. The molecule has 0 fully saturated rings. The molecule has 2 N–H and O–H groups in total. The average Bonchev–Trinajstić information content (AvgIpc) is 2.61. The number of carbonyl (C=O) groups excluding carboxylic acids is 1. The van der Waals surface area contributed by atoms with Crippen molar-refractivity contribution in [3.8, 4) is 0 Å². The van der Waals surface area contributed by atoms with E-state index in [0.717, 1.165) is 0 Å². The monoisotopic (exact) mass is 368 g/mol. The van der Waals surface area contributed by atoms with Crippen LogP contribution in [0, 0.1) is 0 Å². The topological polar surface area (TPSA) is 75.3 Å². The van der Waals surface area contributed by atoms with Gasteiger partial charge in [0, 0.05) is 28.1 Å². The predicted molar refractivity (Wildman–Crippen MR) is 104 cm³/mol. The molecule has 0 aliphatic carbocycles. The molecule has 0 saturated carbocycles. The summed E-state index contributed by atoms with van der Waals surface area (Å²) in [7, 11) is -3.65. The van der Waals surface area contributed by atoms with Crippen LogP contribution >= 0.6 is 0 Å². The van der Waals surface area contributed by atoms with Crippen LogP contribution in [-0.2, 0) is 10.0 Å². The highest BCUT2D eigenvalue weighted by Crippen LogP contribution is 2.30. The smallest absolute Gasteiger partial charge is 0.255 e. The Morgan fingerprint density at radius 3 is 2.12 bits per heavy atom. The van der Waals surface area contributed by atoms with E-state index in [1.807, 2.05) is 12.1 Å². The summed E-state index contributed by atoms with van der Waals surface area (Å²) in [5.74, 6) is -0.244. The first kappa shape index (κ1) is 18.1. The van der Waals surface area contributed by atoms with Gasteiger partial charge >= 0.3 is 0 Å². The minimum absolute atomic E-state index is 0.194. The normalized spacial score (nSPS) is 11.7. The van der Waals surface area contributed by atoms with Crippen LogP contribution in [0.25, 0.3) is 10.8 Å². The zero-order valence-electron chi connectivity index (χ0n) is 14.6. The second-order valence-corrected chi connectivity index (χ2v) is 7.94. The molecular weight excluding hydrogens is 348 g/mol. The molecule has 0 aromatic heterocycles. The standard InChI is InChI=1S/C20H20N2O3S/c1-14(2)22-26(24,25)19-13-12-18(16-10-6-7-11-17(16)19)21-20(23)15-8-4-3-5-9-15/h3-14,22H,1-2H3,(H,21,23). The molecule has 26 heavy (non-hydrogen) atoms. The van der Waals surface area contributed by atoms with Crippen molar-refractivity contribution in [1.29, 1.82) is 0 Å². The maximum atomic E-state index is 12.6. The Kier molecular flexibility index (Phi) is 5.06. The molecule has 3 aromatic rings. The molecule has 0 atom stereocenters. The number of sulfonamides is 1. The van der Waals surface area contributed by atoms with Crippen LogP contribution in [0.5, 0.6) is 0 Å². The Hall–Kier alpha value is -2.70. The lowest BCUT2D eigenvalue weighted by atomic mass is 10.1. The summed E-state index contributed by atoms with van der Waals surface area (Å²) in [6.07, 6.45) is 0. The third-order valence-corrected chi connectivity index (χ3v) is 5.57. The van der Waals surface area contributed by atoms with Gasteiger partial charge in [-0.25, -0.2) is 13.1 Å². The van der Waals surface area contributed by atoms with Gasteiger partial charge in [0.15, 0.2) is 0 Å². The number of anilines is 1. The van der Waals surface area contributed by atoms with Crippen LogP contribution in [0.4, 0.5) is 5.69 Å². The number of benzene rings is 3. The molecule has 3 rings (SSSR count). The van der Waals surface area contributed by atoms with Crippen LogP contribution in [0.3, 0.4) is 0 Å². The fourth-order valence-corrected chi connectivity index (χ4v) is 4.23. The largest absolute Gasteiger partial charge is 0.321 e. The summed E-state index contributed by atoms with van der Waals surface area (Å²) >= 11 is 0. The molecule has 0 spiro atoms. The van der Waals surface area contributed by atoms with Gasteiger partial charge in [-0.1, -0.05) is 42.5 Å². The lowest BCUT2D eigenvalue weighted by Gasteiger charge is -2.14. The highest BCUT2D eigenvalue weighted by atomic mass is 32.2. The van der Waals surface area contributed by atoms with Crippen LogP contribution < -0.4 is 10.0 Å². The number of nitrogens with one attached hydrogen (secondary N) is 2. The molecule has 134 valence electrons. The number of fused-ring (bicyclic) bond motifs is 1. The van der Waals surface area contributed by atoms with Crippen molar-refractivity contribution in [2.45, 2.75) is 24.8 Å². The van der Waals surface area contributed by atoms with Crippen LogP contribution in [0.1, 0.15) is 24.2 Å². The Labute approximate surface area is 153 Å². The zero-order chi connectivity index (χ0) is 18.7. The van der Waals surface area contributed by atoms with E-state index in [1.54, 1.807) is 62.4 Å². The molecule has 0 heterocycles. The molecule has 6 heteroatoms. The third-order valence-electron chi connectivity index (χ3n) is 3.85. The van der Waals surface area contributed by atoms with Crippen LogP contribution in [0.2, 0.25) is 0 Å². The van der Waals surface area contributed by atoms with E-state index in [4.69, 9.17) is 0 Å². The molecule has 0 saturated heterocycles. The molecule has 3 aromatic carbocycles. The molecule has 0 bridgehead atoms. The van der Waals surface area contributed by atoms with E-state index in [9.17, 15) is 13.2 Å². The van der Waals surface area contributed by atoms with Crippen LogP contribution in [-0.4, -0.2) is 20.4 Å². The first-order valence-electron chi connectivity index (χ1n) is 8.29. The Morgan fingerprint density at radius 1 is 0.846 bits per heavy atom. The van der Waals surface area contributed by atoms with E-state index in [0.29, 0.717) is 22.0 Å². The minimum Gasteiger partial charge on any atom is -0.321 e. The van der Waals surface area contributed by atoms with Crippen molar-refractivity contribution in [2.24, 2.45) is 0 Å². The van der Waals surface area contributed by atoms with E-state index in [-0.39, 0.29) is 16.8 Å². The number of hydrogen-bond donors (Lipinski definition) is 2. The average molecular weight is 368 g/mol. The third kappa shape index (κ3) is 3.76. The molecule has 5 nitrogen and oxygen atoms in total. The number of amides is 1. The number of hydrogen-bond acceptors (Lipinski definition) is 3. The fourth-order valence-electron chi connectivity index (χ4n) is 2.77. The molecule has 0 aliphatic heterocycles. The summed E-state index contributed by atoms with van der Waals surface area (Å²) in [4.78, 5) is 12.6. The van der Waals surface area contributed by atoms with Gasteiger partial charge < -0.3 is 5.32 Å². The maximum Gasteiger partial charge on any atom is 0.255 e. The minimum atomic E-state index is -3.65. The maximum absolute atomic E-state index is 12.6. The van der Waals surface area contributed by atoms with Crippen molar-refractivity contribution in [3.63, 3.8) is 0 Å². The SMILES string of the molecule is CC(C)NS(=O)(=O)c1ccc(NC(=O)c2ccccc2)c2ccccc12. The van der Waals surface area contributed by atoms with Crippen molar-refractivity contribution in [3.05, 3.63) is 72.3 Å². The van der Waals surface area contributed by atoms with E-state index < -0.39 is 10.0 Å². The first-order valence-corrected chi connectivity index (χ1v) is 9.77. The number of rotatable bonds is 5. The van der Waals surface area contributed by atoms with Crippen molar-refractivity contribution in [1.82, 2.24) is 4.72 Å². The highest BCUT2D eigenvalue weighted by Gasteiger charge is 2.20. The lowest BCUT2D eigenvalue weighted by molar-refractivity contribution is 0.102. The quantitative estimate of drug-likeness (QED) is 0.720. The lowest BCUT2D eigenvalue weighted by Crippen LogP contribution is -2.30. The Morgan fingerprint density at radius 2 is 1.46 bits per heavy atom. The van der Waals surface area contributed by atoms with Crippen LogP contribution in [0.15, 0.2) is 71.6 Å². The van der Waals surface area contributed by atoms with Gasteiger partial charge in [0.05, 0.1) is 4.90 Å². The second-order valence-electron chi connectivity index (χ2n) is 6.25. The molecule has 0 unspecified atom stereocenters. The second kappa shape index (κ2) is 7.27. The van der Waals surface area contributed by atoms with Gasteiger partial charge in [-0.15, -0.1) is 0 Å². The highest BCUT2D eigenvalue weighted by molar-refractivity contribution is 7.89. The Balaban J connectivity index is 2.05. The number of carbonyl (C=O) groups is 1. The molecular formula is C20H20N2O3S. The predicted octanol–water partition coefficient (Wildman–Crippen LogP) is 3.78.